The molecular formula is C16H23FN2O5S. The summed E-state index contributed by atoms with van der Waals surface area (Å²) in [5.41, 5.74) is -0.470. The third-order valence-corrected chi connectivity index (χ3v) is 5.74. The molecule has 0 atom stereocenters. The first-order valence-electron chi connectivity index (χ1n) is 7.90. The van der Waals surface area contributed by atoms with Gasteiger partial charge in [0.1, 0.15) is 5.82 Å². The number of piperidine rings is 1. The molecule has 0 radical (unpaired) electrons. The van der Waals surface area contributed by atoms with E-state index in [1.54, 1.807) is 7.11 Å². The second-order valence-corrected chi connectivity index (χ2v) is 7.94. The average Bonchev–Trinajstić information content (AvgIpc) is 2.60. The summed E-state index contributed by atoms with van der Waals surface area (Å²) in [4.78, 5) is 11.2. The number of carbonyl (C=O) groups excluding carboxylic acids is 1. The highest BCUT2D eigenvalue weighted by Gasteiger charge is 2.33. The molecule has 0 aromatic heterocycles. The number of hydrogen-bond donors (Lipinski definition) is 2. The molecule has 1 aliphatic rings. The van der Waals surface area contributed by atoms with Gasteiger partial charge in [0.15, 0.2) is 0 Å². The molecule has 0 unspecified atom stereocenters. The van der Waals surface area contributed by atoms with Crippen LogP contribution in [0.5, 0.6) is 0 Å². The van der Waals surface area contributed by atoms with Crippen molar-refractivity contribution in [2.24, 2.45) is 5.41 Å². The lowest BCUT2D eigenvalue weighted by Crippen LogP contribution is -2.47. The number of methoxy groups -OCH3 is 2. The first-order valence-corrected chi connectivity index (χ1v) is 9.38. The van der Waals surface area contributed by atoms with E-state index in [4.69, 9.17) is 4.74 Å². The van der Waals surface area contributed by atoms with Crippen LogP contribution in [0, 0.1) is 11.2 Å². The number of esters is 1. The second kappa shape index (κ2) is 8.22. The third-order valence-electron chi connectivity index (χ3n) is 4.35. The molecule has 0 spiro atoms. The number of sulfonamides is 1. The van der Waals surface area contributed by atoms with Gasteiger partial charge in [-0.3, -0.25) is 0 Å². The maximum atomic E-state index is 13.7. The van der Waals surface area contributed by atoms with Crippen molar-refractivity contribution in [3.05, 3.63) is 29.6 Å². The van der Waals surface area contributed by atoms with Crippen LogP contribution in [-0.2, 0) is 19.5 Å². The van der Waals surface area contributed by atoms with Gasteiger partial charge in [0.2, 0.25) is 10.0 Å². The van der Waals surface area contributed by atoms with Gasteiger partial charge in [-0.25, -0.2) is 22.3 Å². The Morgan fingerprint density at radius 1 is 1.28 bits per heavy atom. The summed E-state index contributed by atoms with van der Waals surface area (Å²) >= 11 is 0. The fourth-order valence-electron chi connectivity index (χ4n) is 2.92. The molecule has 140 valence electrons. The van der Waals surface area contributed by atoms with E-state index in [0.717, 1.165) is 51.2 Å². The molecule has 1 aromatic rings. The standard InChI is InChI=1S/C16H23FN2O5S/c1-23-11-16(3-5-18-6-4-16)10-19-25(21,22)14-8-12(15(20)24-2)7-13(17)9-14/h7-9,18-19H,3-6,10-11H2,1-2H3. The summed E-state index contributed by atoms with van der Waals surface area (Å²) in [6.45, 7) is 2.15. The Morgan fingerprint density at radius 2 is 1.96 bits per heavy atom. The molecule has 0 saturated carbocycles. The Morgan fingerprint density at radius 3 is 2.56 bits per heavy atom. The Bertz CT molecular complexity index is 712. The van der Waals surface area contributed by atoms with Crippen molar-refractivity contribution in [3.8, 4) is 0 Å². The summed E-state index contributed by atoms with van der Waals surface area (Å²) < 4.78 is 51.1. The highest BCUT2D eigenvalue weighted by atomic mass is 32.2. The Labute approximate surface area is 146 Å². The van der Waals surface area contributed by atoms with E-state index in [2.05, 4.69) is 14.8 Å². The SMILES string of the molecule is COCC1(CNS(=O)(=O)c2cc(F)cc(C(=O)OC)c2)CCNCC1. The minimum atomic E-state index is -3.98. The van der Waals surface area contributed by atoms with Gasteiger partial charge in [0.25, 0.3) is 0 Å². The molecule has 1 saturated heterocycles. The quantitative estimate of drug-likeness (QED) is 0.689. The normalized spacial score (nSPS) is 17.2. The average molecular weight is 374 g/mol. The van der Waals surface area contributed by atoms with E-state index in [9.17, 15) is 17.6 Å². The lowest BCUT2D eigenvalue weighted by Gasteiger charge is -2.37. The fourth-order valence-corrected chi connectivity index (χ4v) is 4.13. The summed E-state index contributed by atoms with van der Waals surface area (Å²) in [6.07, 6.45) is 1.53. The Kier molecular flexibility index (Phi) is 6.50. The van der Waals surface area contributed by atoms with Gasteiger partial charge in [-0.15, -0.1) is 0 Å². The zero-order valence-corrected chi connectivity index (χ0v) is 15.1. The van der Waals surface area contributed by atoms with E-state index < -0.39 is 21.8 Å². The van der Waals surface area contributed by atoms with Gasteiger partial charge < -0.3 is 14.8 Å². The van der Waals surface area contributed by atoms with Crippen LogP contribution in [0.15, 0.2) is 23.1 Å². The highest BCUT2D eigenvalue weighted by Crippen LogP contribution is 2.29. The molecule has 1 aliphatic heterocycles. The molecular weight excluding hydrogens is 351 g/mol. The molecule has 2 rings (SSSR count). The van der Waals surface area contributed by atoms with E-state index in [0.29, 0.717) is 6.61 Å². The van der Waals surface area contributed by atoms with Gasteiger partial charge in [-0.1, -0.05) is 0 Å². The number of hydrogen-bond acceptors (Lipinski definition) is 6. The number of carbonyl (C=O) groups is 1. The minimum Gasteiger partial charge on any atom is -0.465 e. The molecule has 0 amide bonds. The van der Waals surface area contributed by atoms with Crippen LogP contribution in [-0.4, -0.2) is 54.8 Å². The summed E-state index contributed by atoms with van der Waals surface area (Å²) in [6, 6.07) is 2.91. The Balaban J connectivity index is 2.21. The number of nitrogens with one attached hydrogen (secondary N) is 2. The summed E-state index contributed by atoms with van der Waals surface area (Å²) in [7, 11) is -1.26. The van der Waals surface area contributed by atoms with Crippen LogP contribution in [0.25, 0.3) is 0 Å². The molecule has 1 aromatic carbocycles. The van der Waals surface area contributed by atoms with Crippen LogP contribution in [0.3, 0.4) is 0 Å². The molecule has 0 bridgehead atoms. The molecule has 1 heterocycles. The first kappa shape index (κ1) is 19.8. The first-order chi connectivity index (χ1) is 11.8. The van der Waals surface area contributed by atoms with Gasteiger partial charge in [0, 0.05) is 19.1 Å². The highest BCUT2D eigenvalue weighted by molar-refractivity contribution is 7.89. The predicted molar refractivity (Wildman–Crippen MR) is 89.3 cm³/mol. The molecule has 1 fully saturated rings. The van der Waals surface area contributed by atoms with Crippen molar-refractivity contribution >= 4 is 16.0 Å². The minimum absolute atomic E-state index is 0.156. The van der Waals surface area contributed by atoms with Gasteiger partial charge in [-0.05, 0) is 44.1 Å². The topological polar surface area (TPSA) is 93.7 Å². The van der Waals surface area contributed by atoms with E-state index >= 15 is 0 Å². The lowest BCUT2D eigenvalue weighted by atomic mass is 9.80. The van der Waals surface area contributed by atoms with Gasteiger partial charge in [0.05, 0.1) is 24.2 Å². The fraction of sp³-hybridized carbons (Fsp3) is 0.562. The smallest absolute Gasteiger partial charge is 0.337 e. The Hall–Kier alpha value is -1.55. The van der Waals surface area contributed by atoms with Crippen LogP contribution in [0.1, 0.15) is 23.2 Å². The van der Waals surface area contributed by atoms with Crippen LogP contribution >= 0.6 is 0 Å². The molecule has 7 nitrogen and oxygen atoms in total. The zero-order valence-electron chi connectivity index (χ0n) is 14.3. The summed E-state index contributed by atoms with van der Waals surface area (Å²) in [5, 5.41) is 3.23. The predicted octanol–water partition coefficient (Wildman–Crippen LogP) is 0.907. The zero-order chi connectivity index (χ0) is 18.5. The molecule has 25 heavy (non-hydrogen) atoms. The lowest BCUT2D eigenvalue weighted by molar-refractivity contribution is 0.0577. The number of halogens is 1. The summed E-state index contributed by atoms with van der Waals surface area (Å²) in [5.74, 6) is -1.62. The third kappa shape index (κ3) is 4.97. The molecule has 9 heteroatoms. The van der Waals surface area contributed by atoms with Crippen molar-refractivity contribution in [1.82, 2.24) is 10.0 Å². The van der Waals surface area contributed by atoms with Crippen LogP contribution in [0.2, 0.25) is 0 Å². The maximum Gasteiger partial charge on any atom is 0.337 e. The van der Waals surface area contributed by atoms with Crippen LogP contribution < -0.4 is 10.0 Å². The molecule has 2 N–H and O–H groups in total. The van der Waals surface area contributed by atoms with Crippen molar-refractivity contribution in [3.63, 3.8) is 0 Å². The van der Waals surface area contributed by atoms with Crippen molar-refractivity contribution < 1.29 is 27.1 Å². The van der Waals surface area contributed by atoms with E-state index in [-0.39, 0.29) is 22.4 Å². The van der Waals surface area contributed by atoms with Crippen molar-refractivity contribution in [1.29, 1.82) is 0 Å². The largest absolute Gasteiger partial charge is 0.465 e. The number of benzene rings is 1. The monoisotopic (exact) mass is 374 g/mol. The van der Waals surface area contributed by atoms with Crippen molar-refractivity contribution in [2.75, 3.05) is 40.5 Å². The molecule has 0 aliphatic carbocycles. The van der Waals surface area contributed by atoms with E-state index in [1.165, 1.54) is 0 Å². The van der Waals surface area contributed by atoms with Crippen molar-refractivity contribution in [2.45, 2.75) is 17.7 Å². The second-order valence-electron chi connectivity index (χ2n) is 6.17. The van der Waals surface area contributed by atoms with E-state index in [1.807, 2.05) is 0 Å². The number of rotatable bonds is 7. The number of ether oxygens (including phenoxy) is 2. The van der Waals surface area contributed by atoms with Gasteiger partial charge >= 0.3 is 5.97 Å². The van der Waals surface area contributed by atoms with Gasteiger partial charge in [-0.2, -0.15) is 0 Å². The van der Waals surface area contributed by atoms with Crippen LogP contribution in [0.4, 0.5) is 4.39 Å². The maximum absolute atomic E-state index is 13.7.